The molecule has 0 saturated carbocycles. The van der Waals surface area contributed by atoms with Crippen molar-refractivity contribution in [3.8, 4) is 0 Å². The van der Waals surface area contributed by atoms with E-state index in [0.717, 1.165) is 16.9 Å². The number of amides is 2. The number of fused-ring (bicyclic) bond motifs is 1. The Morgan fingerprint density at radius 2 is 1.48 bits per heavy atom. The van der Waals surface area contributed by atoms with Gasteiger partial charge in [0.15, 0.2) is 0 Å². The van der Waals surface area contributed by atoms with Crippen molar-refractivity contribution < 1.29 is 9.59 Å². The van der Waals surface area contributed by atoms with Crippen molar-refractivity contribution in [1.29, 1.82) is 0 Å². The SMILES string of the molecule is Cc1cccc(NC(=O)[C@@H]2c3ccccc3C(=O)N(c3ccccc3)[C@H]2c2ccccc2)n1. The van der Waals surface area contributed by atoms with Crippen LogP contribution in [-0.4, -0.2) is 16.8 Å². The summed E-state index contributed by atoms with van der Waals surface area (Å²) in [7, 11) is 0. The number of benzene rings is 3. The number of para-hydroxylation sites is 1. The van der Waals surface area contributed by atoms with Crippen LogP contribution in [0.1, 0.15) is 39.1 Å². The first kappa shape index (κ1) is 20.6. The molecule has 162 valence electrons. The van der Waals surface area contributed by atoms with Gasteiger partial charge in [0, 0.05) is 16.9 Å². The van der Waals surface area contributed by atoms with Crippen LogP contribution in [0.3, 0.4) is 0 Å². The van der Waals surface area contributed by atoms with Crippen molar-refractivity contribution in [2.75, 3.05) is 10.2 Å². The van der Waals surface area contributed by atoms with Gasteiger partial charge in [-0.2, -0.15) is 0 Å². The summed E-state index contributed by atoms with van der Waals surface area (Å²) in [6.45, 7) is 1.88. The molecule has 0 aliphatic carbocycles. The zero-order valence-corrected chi connectivity index (χ0v) is 18.2. The van der Waals surface area contributed by atoms with Crippen LogP contribution in [0.15, 0.2) is 103 Å². The molecule has 0 spiro atoms. The number of anilines is 2. The summed E-state index contributed by atoms with van der Waals surface area (Å²) in [4.78, 5) is 33.8. The van der Waals surface area contributed by atoms with E-state index in [1.54, 1.807) is 17.0 Å². The Labute approximate surface area is 192 Å². The molecule has 5 nitrogen and oxygen atoms in total. The molecule has 2 amide bonds. The molecule has 0 bridgehead atoms. The summed E-state index contributed by atoms with van der Waals surface area (Å²) in [5.41, 5.74) is 3.70. The number of hydrogen-bond acceptors (Lipinski definition) is 3. The summed E-state index contributed by atoms with van der Waals surface area (Å²) in [5.74, 6) is -0.456. The minimum Gasteiger partial charge on any atom is -0.310 e. The van der Waals surface area contributed by atoms with Gasteiger partial charge in [0.1, 0.15) is 5.82 Å². The predicted molar refractivity (Wildman–Crippen MR) is 129 cm³/mol. The number of aryl methyl sites for hydroxylation is 1. The molecule has 5 rings (SSSR count). The fourth-order valence-electron chi connectivity index (χ4n) is 4.50. The van der Waals surface area contributed by atoms with Crippen molar-refractivity contribution in [2.45, 2.75) is 18.9 Å². The van der Waals surface area contributed by atoms with Crippen LogP contribution in [0.5, 0.6) is 0 Å². The van der Waals surface area contributed by atoms with Gasteiger partial charge in [-0.3, -0.25) is 14.5 Å². The molecule has 1 aromatic heterocycles. The molecule has 3 aromatic carbocycles. The normalized spacial score (nSPS) is 17.4. The first-order chi connectivity index (χ1) is 16.1. The van der Waals surface area contributed by atoms with Crippen LogP contribution in [0.4, 0.5) is 11.5 Å². The lowest BCUT2D eigenvalue weighted by atomic mass is 9.79. The highest BCUT2D eigenvalue weighted by Gasteiger charge is 2.44. The van der Waals surface area contributed by atoms with Gasteiger partial charge in [-0.25, -0.2) is 4.98 Å². The van der Waals surface area contributed by atoms with Gasteiger partial charge in [0.2, 0.25) is 5.91 Å². The lowest BCUT2D eigenvalue weighted by Gasteiger charge is -2.41. The molecule has 1 aliphatic heterocycles. The van der Waals surface area contributed by atoms with Crippen LogP contribution in [0, 0.1) is 6.92 Å². The Hall–Kier alpha value is -4.25. The van der Waals surface area contributed by atoms with E-state index in [2.05, 4.69) is 10.3 Å². The molecule has 1 aliphatic rings. The molecular formula is C28H23N3O2. The molecule has 1 N–H and O–H groups in total. The fourth-order valence-corrected chi connectivity index (χ4v) is 4.50. The zero-order chi connectivity index (χ0) is 22.8. The number of rotatable bonds is 4. The summed E-state index contributed by atoms with van der Waals surface area (Å²) >= 11 is 0. The van der Waals surface area contributed by atoms with E-state index in [-0.39, 0.29) is 11.8 Å². The second kappa shape index (κ2) is 8.71. The maximum absolute atomic E-state index is 13.8. The molecule has 2 heterocycles. The van der Waals surface area contributed by atoms with Crippen molar-refractivity contribution in [1.82, 2.24) is 4.98 Å². The van der Waals surface area contributed by atoms with Gasteiger partial charge in [0.25, 0.3) is 5.91 Å². The van der Waals surface area contributed by atoms with Crippen molar-refractivity contribution in [3.05, 3.63) is 126 Å². The lowest BCUT2D eigenvalue weighted by molar-refractivity contribution is -0.118. The molecule has 0 fully saturated rings. The number of nitrogens with zero attached hydrogens (tertiary/aromatic N) is 2. The minimum absolute atomic E-state index is 0.122. The summed E-state index contributed by atoms with van der Waals surface area (Å²) < 4.78 is 0. The van der Waals surface area contributed by atoms with Gasteiger partial charge in [-0.05, 0) is 48.4 Å². The molecule has 33 heavy (non-hydrogen) atoms. The fraction of sp³-hybridized carbons (Fsp3) is 0.107. The van der Waals surface area contributed by atoms with Gasteiger partial charge < -0.3 is 5.32 Å². The molecule has 0 radical (unpaired) electrons. The highest BCUT2D eigenvalue weighted by atomic mass is 16.2. The monoisotopic (exact) mass is 433 g/mol. The molecule has 2 atom stereocenters. The van der Waals surface area contributed by atoms with Crippen LogP contribution in [0.25, 0.3) is 0 Å². The van der Waals surface area contributed by atoms with E-state index in [9.17, 15) is 9.59 Å². The third-order valence-electron chi connectivity index (χ3n) is 5.94. The second-order valence-electron chi connectivity index (χ2n) is 8.08. The number of hydrogen-bond donors (Lipinski definition) is 1. The molecular weight excluding hydrogens is 410 g/mol. The van der Waals surface area contributed by atoms with Crippen LogP contribution in [0.2, 0.25) is 0 Å². The van der Waals surface area contributed by atoms with Crippen molar-refractivity contribution in [2.24, 2.45) is 0 Å². The van der Waals surface area contributed by atoms with E-state index < -0.39 is 12.0 Å². The average molecular weight is 434 g/mol. The Balaban J connectivity index is 1.69. The third kappa shape index (κ3) is 3.89. The van der Waals surface area contributed by atoms with E-state index >= 15 is 0 Å². The number of pyridine rings is 1. The van der Waals surface area contributed by atoms with E-state index in [1.165, 1.54) is 0 Å². The summed E-state index contributed by atoms with van der Waals surface area (Å²) in [6.07, 6.45) is 0. The quantitative estimate of drug-likeness (QED) is 0.461. The maximum Gasteiger partial charge on any atom is 0.259 e. The van der Waals surface area contributed by atoms with Gasteiger partial charge in [-0.1, -0.05) is 72.8 Å². The van der Waals surface area contributed by atoms with Gasteiger partial charge >= 0.3 is 0 Å². The third-order valence-corrected chi connectivity index (χ3v) is 5.94. The lowest BCUT2D eigenvalue weighted by Crippen LogP contribution is -2.46. The van der Waals surface area contributed by atoms with E-state index in [1.807, 2.05) is 97.9 Å². The summed E-state index contributed by atoms with van der Waals surface area (Å²) in [5, 5.41) is 2.99. The number of carbonyl (C=O) groups is 2. The number of nitrogens with one attached hydrogen (secondary N) is 1. The van der Waals surface area contributed by atoms with Crippen LogP contribution < -0.4 is 10.2 Å². The Morgan fingerprint density at radius 1 is 0.818 bits per heavy atom. The Morgan fingerprint density at radius 3 is 2.21 bits per heavy atom. The first-order valence-electron chi connectivity index (χ1n) is 10.9. The molecule has 4 aromatic rings. The van der Waals surface area contributed by atoms with E-state index in [4.69, 9.17) is 0 Å². The average Bonchev–Trinajstić information content (AvgIpc) is 2.85. The van der Waals surface area contributed by atoms with Crippen molar-refractivity contribution in [3.63, 3.8) is 0 Å². The predicted octanol–water partition coefficient (Wildman–Crippen LogP) is 5.51. The minimum atomic E-state index is -0.621. The Kier molecular flexibility index (Phi) is 5.45. The van der Waals surface area contributed by atoms with Crippen molar-refractivity contribution >= 4 is 23.3 Å². The standard InChI is InChI=1S/C28H23N3O2/c1-19-11-10-18-24(29-19)30-27(32)25-22-16-8-9-17-23(22)28(33)31(21-14-6-3-7-15-21)26(25)20-12-4-2-5-13-20/h2-18,25-26H,1H3,(H,29,30,32)/t25-,26+/m1/s1. The molecule has 0 unspecified atom stereocenters. The zero-order valence-electron chi connectivity index (χ0n) is 18.2. The Bertz CT molecular complexity index is 1310. The van der Waals surface area contributed by atoms with E-state index in [0.29, 0.717) is 16.9 Å². The van der Waals surface area contributed by atoms with Crippen LogP contribution in [-0.2, 0) is 4.79 Å². The highest BCUT2D eigenvalue weighted by Crippen LogP contribution is 2.45. The van der Waals surface area contributed by atoms with Gasteiger partial charge in [0.05, 0.1) is 12.0 Å². The molecule has 5 heteroatoms. The number of carbonyl (C=O) groups excluding carboxylic acids is 2. The van der Waals surface area contributed by atoms with Crippen LogP contribution >= 0.6 is 0 Å². The van der Waals surface area contributed by atoms with Gasteiger partial charge in [-0.15, -0.1) is 0 Å². The largest absolute Gasteiger partial charge is 0.310 e. The second-order valence-corrected chi connectivity index (χ2v) is 8.08. The first-order valence-corrected chi connectivity index (χ1v) is 10.9. The smallest absolute Gasteiger partial charge is 0.259 e. The topological polar surface area (TPSA) is 62.3 Å². The highest BCUT2D eigenvalue weighted by molar-refractivity contribution is 6.12. The number of aromatic nitrogens is 1. The summed E-state index contributed by atoms with van der Waals surface area (Å²) in [6, 6.07) is 31.6. The maximum atomic E-state index is 13.8. The molecule has 0 saturated heterocycles.